The third kappa shape index (κ3) is 6.15. The second kappa shape index (κ2) is 12.3. The normalized spacial score (nSPS) is 25.4. The van der Waals surface area contributed by atoms with Crippen LogP contribution in [-0.4, -0.2) is 89.1 Å². The summed E-state index contributed by atoms with van der Waals surface area (Å²) in [5.41, 5.74) is -5.30. The van der Waals surface area contributed by atoms with Crippen LogP contribution in [0.1, 0.15) is 44.6 Å². The number of piperazine rings is 1. The van der Waals surface area contributed by atoms with Gasteiger partial charge in [0.1, 0.15) is 22.9 Å². The molecule has 0 radical (unpaired) electrons. The molecule has 14 heteroatoms. The number of alkyl halides is 3. The summed E-state index contributed by atoms with van der Waals surface area (Å²) >= 11 is -0.448. The topological polar surface area (TPSA) is 83.0 Å². The van der Waals surface area contributed by atoms with Gasteiger partial charge < -0.3 is 24.8 Å². The van der Waals surface area contributed by atoms with Crippen LogP contribution < -0.4 is 15.0 Å². The number of aromatic nitrogens is 2. The smallest absolute Gasteiger partial charge is 0.446 e. The van der Waals surface area contributed by atoms with Crippen LogP contribution in [0.15, 0.2) is 35.2 Å². The first kappa shape index (κ1) is 33.4. The van der Waals surface area contributed by atoms with E-state index in [1.807, 2.05) is 4.90 Å². The van der Waals surface area contributed by atoms with Crippen LogP contribution in [0.5, 0.6) is 11.8 Å². The summed E-state index contributed by atoms with van der Waals surface area (Å²) in [5.74, 6) is -1.55. The minimum absolute atomic E-state index is 0.0388. The van der Waals surface area contributed by atoms with Gasteiger partial charge in [-0.05, 0) is 96.5 Å². The fraction of sp³-hybridized carbons (Fsp3) is 0.514. The molecule has 5 fully saturated rings. The van der Waals surface area contributed by atoms with Crippen molar-refractivity contribution < 1.29 is 36.5 Å². The number of anilines is 1. The van der Waals surface area contributed by atoms with Gasteiger partial charge in [0.15, 0.2) is 5.82 Å². The largest absolute Gasteiger partial charge is 0.508 e. The molecule has 8 nitrogen and oxygen atoms in total. The summed E-state index contributed by atoms with van der Waals surface area (Å²) in [6, 6.07) is 7.27. The van der Waals surface area contributed by atoms with E-state index in [9.17, 15) is 18.3 Å². The Balaban J connectivity index is 1.19. The van der Waals surface area contributed by atoms with Crippen molar-refractivity contribution in [1.82, 2.24) is 20.2 Å². The van der Waals surface area contributed by atoms with E-state index < -0.39 is 39.4 Å². The fourth-order valence-electron chi connectivity index (χ4n) is 8.79. The number of benzene rings is 3. The van der Waals surface area contributed by atoms with Gasteiger partial charge in [0.05, 0.1) is 19.3 Å². The third-order valence-electron chi connectivity index (χ3n) is 11.4. The number of aryl methyl sites for hydroxylation is 1. The van der Waals surface area contributed by atoms with Gasteiger partial charge in [-0.2, -0.15) is 23.1 Å². The fourth-order valence-corrected chi connectivity index (χ4v) is 9.52. The van der Waals surface area contributed by atoms with Gasteiger partial charge in [-0.1, -0.05) is 13.0 Å². The molecule has 4 atom stereocenters. The van der Waals surface area contributed by atoms with Crippen LogP contribution in [0.2, 0.25) is 0 Å². The van der Waals surface area contributed by atoms with Crippen molar-refractivity contribution in [2.45, 2.75) is 80.1 Å². The van der Waals surface area contributed by atoms with Crippen LogP contribution in [0.4, 0.5) is 27.8 Å². The Kier molecular flexibility index (Phi) is 8.06. The van der Waals surface area contributed by atoms with Gasteiger partial charge in [-0.3, -0.25) is 4.90 Å². The first-order valence-corrected chi connectivity index (χ1v) is 18.5. The molecule has 0 amide bonds. The summed E-state index contributed by atoms with van der Waals surface area (Å²) in [6.07, 6.45) is 5.36. The number of nitrogens with one attached hydrogen (secondary N) is 1. The Morgan fingerprint density at radius 2 is 1.86 bits per heavy atom. The number of thioether (sulfide) groups is 1. The summed E-state index contributed by atoms with van der Waals surface area (Å²) in [4.78, 5) is 13.4. The standard InChI is InChI=1S/C37H38F5N5O3S/c1-2-25-28(38)6-3-19-9-23(48)11-26(30(19)25)31-29(51-37(40,41)42)12-27-33(32(31)39)44-35(45-34(27)46-13-20-4-5-21(14-46)43-20)50-18-36(7-8-36)17-47-15-24-10-22(47)16-49-24/h3,6,9,11-12,20-22,24,43,48H,2,4-5,7-8,10,13-18H2,1H3/t20?,21?,22-,24-/m1/s1. The van der Waals surface area contributed by atoms with Gasteiger partial charge in [0.25, 0.3) is 0 Å². The van der Waals surface area contributed by atoms with Crippen molar-refractivity contribution in [2.75, 3.05) is 44.3 Å². The van der Waals surface area contributed by atoms with Crippen molar-refractivity contribution in [1.29, 1.82) is 0 Å². The molecule has 2 N–H and O–H groups in total. The van der Waals surface area contributed by atoms with Crippen molar-refractivity contribution in [2.24, 2.45) is 5.41 Å². The van der Waals surface area contributed by atoms with E-state index in [1.54, 1.807) is 6.92 Å². The number of phenols is 1. The predicted octanol–water partition coefficient (Wildman–Crippen LogP) is 7.18. The van der Waals surface area contributed by atoms with Crippen molar-refractivity contribution >= 4 is 39.3 Å². The van der Waals surface area contributed by atoms with Crippen LogP contribution in [0, 0.1) is 17.0 Å². The van der Waals surface area contributed by atoms with Crippen molar-refractivity contribution in [3.63, 3.8) is 0 Å². The van der Waals surface area contributed by atoms with Crippen molar-refractivity contribution in [3.05, 3.63) is 47.5 Å². The van der Waals surface area contributed by atoms with Gasteiger partial charge in [-0.15, -0.1) is 0 Å². The first-order valence-electron chi connectivity index (χ1n) is 17.7. The van der Waals surface area contributed by atoms with Gasteiger partial charge in [0, 0.05) is 65.6 Å². The van der Waals surface area contributed by atoms with Gasteiger partial charge >= 0.3 is 11.5 Å². The minimum atomic E-state index is -4.78. The average Bonchev–Trinajstić information content (AvgIpc) is 3.34. The number of nitrogens with zero attached hydrogens (tertiary/aromatic N) is 4. The number of fused-ring (bicyclic) bond motifs is 6. The molecule has 5 aliphatic rings. The van der Waals surface area contributed by atoms with E-state index in [-0.39, 0.29) is 69.2 Å². The summed E-state index contributed by atoms with van der Waals surface area (Å²) in [5, 5.41) is 15.0. The highest BCUT2D eigenvalue weighted by Crippen LogP contribution is 2.50. The number of hydrogen-bond acceptors (Lipinski definition) is 9. The Morgan fingerprint density at radius 1 is 1.08 bits per heavy atom. The second-order valence-corrected chi connectivity index (χ2v) is 16.0. The molecule has 1 aliphatic carbocycles. The van der Waals surface area contributed by atoms with Crippen molar-refractivity contribution in [3.8, 4) is 22.9 Å². The minimum Gasteiger partial charge on any atom is -0.508 e. The molecule has 9 rings (SSSR count). The molecule has 0 spiro atoms. The molecule has 1 aromatic heterocycles. The maximum atomic E-state index is 17.4. The predicted molar refractivity (Wildman–Crippen MR) is 184 cm³/mol. The highest BCUT2D eigenvalue weighted by Gasteiger charge is 2.49. The Morgan fingerprint density at radius 3 is 2.53 bits per heavy atom. The van der Waals surface area contributed by atoms with E-state index in [1.165, 1.54) is 30.3 Å². The van der Waals surface area contributed by atoms with E-state index in [4.69, 9.17) is 14.5 Å². The molecule has 5 heterocycles. The lowest BCUT2D eigenvalue weighted by Crippen LogP contribution is -2.51. The van der Waals surface area contributed by atoms with E-state index >= 15 is 8.78 Å². The number of rotatable bonds is 9. The van der Waals surface area contributed by atoms with Crippen LogP contribution in [0.3, 0.4) is 0 Å². The number of halogens is 5. The highest BCUT2D eigenvalue weighted by molar-refractivity contribution is 8.00. The number of phenolic OH excluding ortho intramolecular Hbond substituents is 1. The van der Waals surface area contributed by atoms with Crippen LogP contribution in [-0.2, 0) is 11.2 Å². The molecule has 4 aromatic rings. The van der Waals surface area contributed by atoms with Crippen LogP contribution >= 0.6 is 11.8 Å². The summed E-state index contributed by atoms with van der Waals surface area (Å²) in [6.45, 7) is 5.63. The molecule has 4 aliphatic heterocycles. The molecular formula is C37H38F5N5O3S. The molecular weight excluding hydrogens is 689 g/mol. The zero-order valence-corrected chi connectivity index (χ0v) is 28.8. The Labute approximate surface area is 295 Å². The zero-order chi connectivity index (χ0) is 35.2. The monoisotopic (exact) mass is 727 g/mol. The lowest BCUT2D eigenvalue weighted by Gasteiger charge is -2.34. The molecule has 4 bridgehead atoms. The number of hydrogen-bond donors (Lipinski definition) is 2. The zero-order valence-electron chi connectivity index (χ0n) is 28.0. The number of aromatic hydroxyl groups is 1. The molecule has 51 heavy (non-hydrogen) atoms. The average molecular weight is 728 g/mol. The molecule has 2 unspecified atom stereocenters. The number of likely N-dealkylation sites (tertiary alicyclic amines) is 1. The first-order chi connectivity index (χ1) is 24.5. The maximum absolute atomic E-state index is 17.4. The highest BCUT2D eigenvalue weighted by atomic mass is 32.2. The Hall–Kier alpha value is -3.46. The van der Waals surface area contributed by atoms with E-state index in [0.717, 1.165) is 51.8 Å². The summed E-state index contributed by atoms with van der Waals surface area (Å²) < 4.78 is 87.5. The summed E-state index contributed by atoms with van der Waals surface area (Å²) in [7, 11) is 0. The number of morpholine rings is 1. The molecule has 3 aromatic carbocycles. The molecule has 4 saturated heterocycles. The Bertz CT molecular complexity index is 2030. The lowest BCUT2D eigenvalue weighted by atomic mass is 9.92. The molecule has 270 valence electrons. The molecule has 1 saturated carbocycles. The quantitative estimate of drug-likeness (QED) is 0.138. The number of ether oxygens (including phenoxy) is 2. The SMILES string of the molecule is CCc1c(F)ccc2cc(O)cc(-c3c(SC(F)(F)F)cc4c(N5CC6CCC(C5)N6)nc(OCC5(CN6C[C@H]7C[C@@H]6CO7)CC5)nc4c3F)c12. The third-order valence-corrected chi connectivity index (χ3v) is 12.2. The van der Waals surface area contributed by atoms with E-state index in [2.05, 4.69) is 15.2 Å². The lowest BCUT2D eigenvalue weighted by molar-refractivity contribution is -0.0328. The second-order valence-electron chi connectivity index (χ2n) is 14.9. The van der Waals surface area contributed by atoms with Crippen LogP contribution in [0.25, 0.3) is 32.8 Å². The van der Waals surface area contributed by atoms with E-state index in [0.29, 0.717) is 36.9 Å². The van der Waals surface area contributed by atoms with Gasteiger partial charge in [0.2, 0.25) is 0 Å². The maximum Gasteiger partial charge on any atom is 0.446 e. The van der Waals surface area contributed by atoms with Gasteiger partial charge in [-0.25, -0.2) is 8.78 Å².